The highest BCUT2D eigenvalue weighted by Gasteiger charge is 2.15. The minimum atomic E-state index is -0.171. The molecule has 0 spiro atoms. The summed E-state index contributed by atoms with van der Waals surface area (Å²) in [5, 5.41) is 2.97. The van der Waals surface area contributed by atoms with Crippen LogP contribution in [-0.4, -0.2) is 10.9 Å². The van der Waals surface area contributed by atoms with Gasteiger partial charge in [0.25, 0.3) is 5.91 Å². The fourth-order valence-corrected chi connectivity index (χ4v) is 3.29. The van der Waals surface area contributed by atoms with Crippen LogP contribution in [0.1, 0.15) is 15.9 Å². The van der Waals surface area contributed by atoms with E-state index < -0.39 is 0 Å². The van der Waals surface area contributed by atoms with Crippen molar-refractivity contribution in [1.82, 2.24) is 4.98 Å². The average molecular weight is 407 g/mol. The van der Waals surface area contributed by atoms with Gasteiger partial charge in [-0.25, -0.2) is 4.98 Å². The lowest BCUT2D eigenvalue weighted by atomic mass is 10.1. The van der Waals surface area contributed by atoms with Crippen LogP contribution in [0.4, 0.5) is 5.69 Å². The van der Waals surface area contributed by atoms with E-state index in [4.69, 9.17) is 4.42 Å². The van der Waals surface area contributed by atoms with Gasteiger partial charge < -0.3 is 9.73 Å². The summed E-state index contributed by atoms with van der Waals surface area (Å²) in [4.78, 5) is 17.1. The lowest BCUT2D eigenvalue weighted by molar-refractivity contribution is 0.102. The summed E-state index contributed by atoms with van der Waals surface area (Å²) < 4.78 is 6.62. The Morgan fingerprint density at radius 2 is 1.77 bits per heavy atom. The van der Waals surface area contributed by atoms with Gasteiger partial charge in [-0.15, -0.1) is 0 Å². The molecule has 1 heterocycles. The maximum absolute atomic E-state index is 12.6. The fourth-order valence-electron chi connectivity index (χ4n) is 2.83. The Labute approximate surface area is 159 Å². The summed E-state index contributed by atoms with van der Waals surface area (Å²) in [5.74, 6) is 0.371. The topological polar surface area (TPSA) is 55.1 Å². The van der Waals surface area contributed by atoms with Gasteiger partial charge in [0.05, 0.1) is 5.56 Å². The van der Waals surface area contributed by atoms with Crippen LogP contribution in [0.25, 0.3) is 22.6 Å². The first-order chi connectivity index (χ1) is 12.6. The summed E-state index contributed by atoms with van der Waals surface area (Å²) in [6.07, 6.45) is 0. The van der Waals surface area contributed by atoms with Crippen molar-refractivity contribution in [3.63, 3.8) is 0 Å². The molecular weight excluding hydrogens is 392 g/mol. The first-order valence-electron chi connectivity index (χ1n) is 8.15. The first kappa shape index (κ1) is 16.5. The monoisotopic (exact) mass is 406 g/mol. The number of hydrogen-bond acceptors (Lipinski definition) is 3. The second-order valence-electron chi connectivity index (χ2n) is 5.90. The zero-order valence-corrected chi connectivity index (χ0v) is 15.6. The predicted molar refractivity (Wildman–Crippen MR) is 106 cm³/mol. The first-order valence-corrected chi connectivity index (χ1v) is 8.94. The molecule has 4 aromatic rings. The van der Waals surface area contributed by atoms with Gasteiger partial charge in [-0.2, -0.15) is 0 Å². The Morgan fingerprint density at radius 1 is 1.00 bits per heavy atom. The van der Waals surface area contributed by atoms with E-state index in [1.165, 1.54) is 0 Å². The van der Waals surface area contributed by atoms with Crippen LogP contribution in [-0.2, 0) is 0 Å². The van der Waals surface area contributed by atoms with Gasteiger partial charge in [0.15, 0.2) is 5.58 Å². The summed E-state index contributed by atoms with van der Waals surface area (Å²) in [6.45, 7) is 1.94. The number of oxazole rings is 1. The molecule has 0 saturated heterocycles. The van der Waals surface area contributed by atoms with Gasteiger partial charge in [0, 0.05) is 15.7 Å². The second-order valence-corrected chi connectivity index (χ2v) is 6.75. The lowest BCUT2D eigenvalue weighted by Gasteiger charge is -2.11. The minimum Gasteiger partial charge on any atom is -0.436 e. The van der Waals surface area contributed by atoms with Crippen molar-refractivity contribution >= 4 is 38.6 Å². The summed E-state index contributed by atoms with van der Waals surface area (Å²) >= 11 is 3.41. The molecule has 0 unspecified atom stereocenters. The molecule has 0 aliphatic heterocycles. The van der Waals surface area contributed by atoms with E-state index in [-0.39, 0.29) is 5.91 Å². The van der Waals surface area contributed by atoms with Crippen molar-refractivity contribution in [2.75, 3.05) is 5.32 Å². The third-order valence-electron chi connectivity index (χ3n) is 4.22. The quantitative estimate of drug-likeness (QED) is 0.466. The van der Waals surface area contributed by atoms with Gasteiger partial charge in [0.2, 0.25) is 5.89 Å². The Hall–Kier alpha value is -2.92. The number of fused-ring (bicyclic) bond motifs is 1. The third-order valence-corrected chi connectivity index (χ3v) is 4.92. The molecule has 0 atom stereocenters. The summed E-state index contributed by atoms with van der Waals surface area (Å²) in [7, 11) is 0. The van der Waals surface area contributed by atoms with E-state index in [0.717, 1.165) is 32.4 Å². The van der Waals surface area contributed by atoms with E-state index in [1.807, 2.05) is 67.6 Å². The maximum atomic E-state index is 12.6. The van der Waals surface area contributed by atoms with Crippen LogP contribution < -0.4 is 5.32 Å². The molecule has 0 bridgehead atoms. The Bertz CT molecular complexity index is 1080. The van der Waals surface area contributed by atoms with Crippen molar-refractivity contribution in [2.45, 2.75) is 6.92 Å². The molecular formula is C21H15BrN2O2. The number of carbonyl (C=O) groups is 1. The number of benzene rings is 3. The largest absolute Gasteiger partial charge is 0.436 e. The van der Waals surface area contributed by atoms with Crippen molar-refractivity contribution in [2.24, 2.45) is 0 Å². The smallest absolute Gasteiger partial charge is 0.256 e. The minimum absolute atomic E-state index is 0.171. The molecule has 3 aromatic carbocycles. The third kappa shape index (κ3) is 3.02. The number of hydrogen-bond donors (Lipinski definition) is 1. The van der Waals surface area contributed by atoms with Crippen molar-refractivity contribution in [3.05, 3.63) is 82.3 Å². The van der Waals surface area contributed by atoms with Crippen LogP contribution >= 0.6 is 15.9 Å². The number of anilines is 1. The van der Waals surface area contributed by atoms with E-state index in [1.54, 1.807) is 6.07 Å². The molecule has 0 saturated carbocycles. The number of rotatable bonds is 3. The SMILES string of the molecule is Cc1c(NC(=O)c2ccccc2Br)cccc1-c1nc2ccccc2o1. The molecule has 1 N–H and O–H groups in total. The highest BCUT2D eigenvalue weighted by molar-refractivity contribution is 9.10. The van der Waals surface area contributed by atoms with Crippen LogP contribution in [0.3, 0.4) is 0 Å². The van der Waals surface area contributed by atoms with Crippen LogP contribution in [0, 0.1) is 6.92 Å². The average Bonchev–Trinajstić information content (AvgIpc) is 3.07. The zero-order chi connectivity index (χ0) is 18.1. The predicted octanol–water partition coefficient (Wildman–Crippen LogP) is 5.82. The number of para-hydroxylation sites is 2. The molecule has 0 fully saturated rings. The van der Waals surface area contributed by atoms with Gasteiger partial charge in [-0.3, -0.25) is 4.79 Å². The Kier molecular flexibility index (Phi) is 4.31. The van der Waals surface area contributed by atoms with Crippen molar-refractivity contribution < 1.29 is 9.21 Å². The van der Waals surface area contributed by atoms with Gasteiger partial charge in [-0.1, -0.05) is 30.3 Å². The van der Waals surface area contributed by atoms with Crippen molar-refractivity contribution in [1.29, 1.82) is 0 Å². The van der Waals surface area contributed by atoms with Gasteiger partial charge >= 0.3 is 0 Å². The fraction of sp³-hybridized carbons (Fsp3) is 0.0476. The van der Waals surface area contributed by atoms with E-state index in [0.29, 0.717) is 11.5 Å². The number of nitrogens with zero attached hydrogens (tertiary/aromatic N) is 1. The molecule has 4 rings (SSSR count). The van der Waals surface area contributed by atoms with E-state index in [2.05, 4.69) is 26.2 Å². The molecule has 128 valence electrons. The van der Waals surface area contributed by atoms with Gasteiger partial charge in [-0.05, 0) is 64.8 Å². The number of halogens is 1. The molecule has 1 aromatic heterocycles. The standard InChI is InChI=1S/C21H15BrN2O2/c1-13-14(21-24-18-10-4-5-12-19(18)26-21)8-6-11-17(13)23-20(25)15-7-2-3-9-16(15)22/h2-12H,1H3,(H,23,25). The maximum Gasteiger partial charge on any atom is 0.256 e. The molecule has 5 heteroatoms. The van der Waals surface area contributed by atoms with Gasteiger partial charge in [0.1, 0.15) is 5.52 Å². The second kappa shape index (κ2) is 6.77. The number of amides is 1. The number of nitrogens with one attached hydrogen (secondary N) is 1. The lowest BCUT2D eigenvalue weighted by Crippen LogP contribution is -2.13. The molecule has 0 aliphatic rings. The number of aromatic nitrogens is 1. The Morgan fingerprint density at radius 3 is 2.58 bits per heavy atom. The molecule has 4 nitrogen and oxygen atoms in total. The molecule has 0 aliphatic carbocycles. The van der Waals surface area contributed by atoms with E-state index in [9.17, 15) is 4.79 Å². The Balaban J connectivity index is 1.70. The van der Waals surface area contributed by atoms with Crippen LogP contribution in [0.2, 0.25) is 0 Å². The molecule has 0 radical (unpaired) electrons. The normalized spacial score (nSPS) is 10.8. The zero-order valence-electron chi connectivity index (χ0n) is 14.0. The van der Waals surface area contributed by atoms with Crippen molar-refractivity contribution in [3.8, 4) is 11.5 Å². The highest BCUT2D eigenvalue weighted by Crippen LogP contribution is 2.31. The summed E-state index contributed by atoms with van der Waals surface area (Å²) in [6, 6.07) is 20.7. The van der Waals surface area contributed by atoms with Crippen LogP contribution in [0.5, 0.6) is 0 Å². The summed E-state index contributed by atoms with van der Waals surface area (Å²) in [5.41, 5.74) is 4.62. The number of carbonyl (C=O) groups excluding carboxylic acids is 1. The highest BCUT2D eigenvalue weighted by atomic mass is 79.9. The molecule has 1 amide bonds. The van der Waals surface area contributed by atoms with E-state index >= 15 is 0 Å². The molecule has 26 heavy (non-hydrogen) atoms. The van der Waals surface area contributed by atoms with Crippen LogP contribution in [0.15, 0.2) is 75.6 Å².